The SMILES string of the molecule is CCOc1cncc(C(CCC2CCCC2)NN)c1. The Labute approximate surface area is 115 Å². The Balaban J connectivity index is 1.93. The first-order valence-corrected chi connectivity index (χ1v) is 7.37. The lowest BCUT2D eigenvalue weighted by atomic mass is 9.96. The molecule has 1 aromatic rings. The van der Waals surface area contributed by atoms with Gasteiger partial charge in [0.25, 0.3) is 0 Å². The Bertz CT molecular complexity index is 377. The fourth-order valence-electron chi connectivity index (χ4n) is 2.92. The van der Waals surface area contributed by atoms with Crippen LogP contribution in [0.1, 0.15) is 57.1 Å². The first kappa shape index (κ1) is 14.3. The largest absolute Gasteiger partial charge is 0.492 e. The summed E-state index contributed by atoms with van der Waals surface area (Å²) in [6.07, 6.45) is 11.5. The van der Waals surface area contributed by atoms with Gasteiger partial charge in [0.15, 0.2) is 0 Å². The van der Waals surface area contributed by atoms with Gasteiger partial charge in [0.2, 0.25) is 0 Å². The summed E-state index contributed by atoms with van der Waals surface area (Å²) in [7, 11) is 0. The van der Waals surface area contributed by atoms with Crippen LogP contribution in [0, 0.1) is 5.92 Å². The van der Waals surface area contributed by atoms with Crippen LogP contribution in [-0.2, 0) is 0 Å². The van der Waals surface area contributed by atoms with Gasteiger partial charge in [0.1, 0.15) is 5.75 Å². The van der Waals surface area contributed by atoms with Crippen LogP contribution in [0.3, 0.4) is 0 Å². The van der Waals surface area contributed by atoms with Crippen LogP contribution in [-0.4, -0.2) is 11.6 Å². The Hall–Kier alpha value is -1.13. The summed E-state index contributed by atoms with van der Waals surface area (Å²) in [5.41, 5.74) is 4.03. The van der Waals surface area contributed by atoms with E-state index in [0.29, 0.717) is 6.61 Å². The maximum Gasteiger partial charge on any atom is 0.137 e. The van der Waals surface area contributed by atoms with E-state index in [-0.39, 0.29) is 6.04 Å². The minimum absolute atomic E-state index is 0.175. The lowest BCUT2D eigenvalue weighted by Crippen LogP contribution is -2.28. The first-order valence-electron chi connectivity index (χ1n) is 7.37. The van der Waals surface area contributed by atoms with E-state index in [1.807, 2.05) is 19.2 Å². The monoisotopic (exact) mass is 263 g/mol. The van der Waals surface area contributed by atoms with Gasteiger partial charge >= 0.3 is 0 Å². The number of hydrogen-bond donors (Lipinski definition) is 2. The molecule has 1 saturated carbocycles. The summed E-state index contributed by atoms with van der Waals surface area (Å²) in [4.78, 5) is 4.23. The highest BCUT2D eigenvalue weighted by Gasteiger charge is 2.18. The molecule has 1 aliphatic rings. The van der Waals surface area contributed by atoms with Crippen molar-refractivity contribution >= 4 is 0 Å². The van der Waals surface area contributed by atoms with Crippen molar-refractivity contribution in [2.45, 2.75) is 51.5 Å². The Kier molecular flexibility index (Phi) is 5.61. The molecule has 0 spiro atoms. The van der Waals surface area contributed by atoms with Crippen LogP contribution in [0.15, 0.2) is 18.5 Å². The quantitative estimate of drug-likeness (QED) is 0.586. The molecule has 0 bridgehead atoms. The molecule has 2 rings (SSSR count). The lowest BCUT2D eigenvalue weighted by molar-refractivity contribution is 0.337. The highest BCUT2D eigenvalue weighted by Crippen LogP contribution is 2.31. The van der Waals surface area contributed by atoms with Crippen molar-refractivity contribution in [3.05, 3.63) is 24.0 Å². The van der Waals surface area contributed by atoms with Crippen molar-refractivity contribution in [3.63, 3.8) is 0 Å². The zero-order chi connectivity index (χ0) is 13.5. The van der Waals surface area contributed by atoms with Gasteiger partial charge < -0.3 is 4.74 Å². The number of hydrazine groups is 1. The fraction of sp³-hybridized carbons (Fsp3) is 0.667. The molecule has 0 aromatic carbocycles. The number of pyridine rings is 1. The minimum atomic E-state index is 0.175. The summed E-state index contributed by atoms with van der Waals surface area (Å²) in [6.45, 7) is 2.64. The predicted octanol–water partition coefficient (Wildman–Crippen LogP) is 2.96. The second-order valence-corrected chi connectivity index (χ2v) is 5.33. The number of nitrogens with one attached hydrogen (secondary N) is 1. The van der Waals surface area contributed by atoms with Crippen LogP contribution >= 0.6 is 0 Å². The Morgan fingerprint density at radius 3 is 2.89 bits per heavy atom. The maximum absolute atomic E-state index is 5.69. The number of hydrogen-bond acceptors (Lipinski definition) is 4. The second-order valence-electron chi connectivity index (χ2n) is 5.33. The fourth-order valence-corrected chi connectivity index (χ4v) is 2.92. The Morgan fingerprint density at radius 2 is 2.21 bits per heavy atom. The summed E-state index contributed by atoms with van der Waals surface area (Å²) in [5.74, 6) is 7.40. The molecule has 1 aliphatic carbocycles. The number of aromatic nitrogens is 1. The molecule has 1 fully saturated rings. The van der Waals surface area contributed by atoms with Gasteiger partial charge in [-0.1, -0.05) is 25.7 Å². The van der Waals surface area contributed by atoms with Crippen LogP contribution in [0.25, 0.3) is 0 Å². The smallest absolute Gasteiger partial charge is 0.137 e. The van der Waals surface area contributed by atoms with E-state index in [2.05, 4.69) is 10.4 Å². The molecule has 0 saturated heterocycles. The summed E-state index contributed by atoms with van der Waals surface area (Å²) < 4.78 is 5.49. The third-order valence-electron chi connectivity index (χ3n) is 3.99. The summed E-state index contributed by atoms with van der Waals surface area (Å²) in [5, 5.41) is 0. The van der Waals surface area contributed by atoms with Gasteiger partial charge in [-0.3, -0.25) is 16.3 Å². The number of rotatable bonds is 7. The first-order chi connectivity index (χ1) is 9.33. The van der Waals surface area contributed by atoms with E-state index < -0.39 is 0 Å². The summed E-state index contributed by atoms with van der Waals surface area (Å²) in [6, 6.07) is 2.21. The van der Waals surface area contributed by atoms with Crippen molar-refractivity contribution in [1.29, 1.82) is 0 Å². The molecular weight excluding hydrogens is 238 g/mol. The van der Waals surface area contributed by atoms with Gasteiger partial charge in [-0.05, 0) is 37.3 Å². The molecule has 106 valence electrons. The van der Waals surface area contributed by atoms with E-state index in [1.165, 1.54) is 32.1 Å². The van der Waals surface area contributed by atoms with Crippen molar-refractivity contribution in [2.24, 2.45) is 11.8 Å². The molecule has 0 amide bonds. The second kappa shape index (κ2) is 7.46. The van der Waals surface area contributed by atoms with Crippen molar-refractivity contribution in [3.8, 4) is 5.75 Å². The predicted molar refractivity (Wildman–Crippen MR) is 76.7 cm³/mol. The highest BCUT2D eigenvalue weighted by atomic mass is 16.5. The van der Waals surface area contributed by atoms with Crippen molar-refractivity contribution in [2.75, 3.05) is 6.61 Å². The molecule has 1 atom stereocenters. The van der Waals surface area contributed by atoms with E-state index in [1.54, 1.807) is 6.20 Å². The minimum Gasteiger partial charge on any atom is -0.492 e. The molecule has 19 heavy (non-hydrogen) atoms. The molecule has 4 nitrogen and oxygen atoms in total. The molecule has 0 radical (unpaired) electrons. The zero-order valence-electron chi connectivity index (χ0n) is 11.8. The average Bonchev–Trinajstić information content (AvgIpc) is 2.94. The standard InChI is InChI=1S/C15H25N3O/c1-2-19-14-9-13(10-17-11-14)15(18-16)8-7-12-5-3-4-6-12/h9-12,15,18H,2-8,16H2,1H3. The normalized spacial score (nSPS) is 17.6. The van der Waals surface area contributed by atoms with Gasteiger partial charge in [0.05, 0.1) is 12.8 Å². The van der Waals surface area contributed by atoms with Crippen LogP contribution < -0.4 is 16.0 Å². The van der Waals surface area contributed by atoms with Crippen LogP contribution in [0.4, 0.5) is 0 Å². The number of ether oxygens (including phenoxy) is 1. The molecule has 3 N–H and O–H groups in total. The zero-order valence-corrected chi connectivity index (χ0v) is 11.8. The van der Waals surface area contributed by atoms with Crippen LogP contribution in [0.5, 0.6) is 5.75 Å². The Morgan fingerprint density at radius 1 is 1.42 bits per heavy atom. The van der Waals surface area contributed by atoms with Crippen molar-refractivity contribution in [1.82, 2.24) is 10.4 Å². The van der Waals surface area contributed by atoms with Gasteiger partial charge in [-0.25, -0.2) is 0 Å². The number of nitrogens with two attached hydrogens (primary N) is 1. The van der Waals surface area contributed by atoms with E-state index >= 15 is 0 Å². The van der Waals surface area contributed by atoms with Crippen LogP contribution in [0.2, 0.25) is 0 Å². The summed E-state index contributed by atoms with van der Waals surface area (Å²) >= 11 is 0. The third-order valence-corrected chi connectivity index (χ3v) is 3.99. The van der Waals surface area contributed by atoms with Crippen molar-refractivity contribution < 1.29 is 4.74 Å². The number of nitrogens with zero attached hydrogens (tertiary/aromatic N) is 1. The molecule has 1 aromatic heterocycles. The lowest BCUT2D eigenvalue weighted by Gasteiger charge is -2.18. The van der Waals surface area contributed by atoms with Gasteiger partial charge in [-0.15, -0.1) is 0 Å². The van der Waals surface area contributed by atoms with E-state index in [0.717, 1.165) is 23.7 Å². The van der Waals surface area contributed by atoms with E-state index in [4.69, 9.17) is 10.6 Å². The van der Waals surface area contributed by atoms with E-state index in [9.17, 15) is 0 Å². The highest BCUT2D eigenvalue weighted by molar-refractivity contribution is 5.25. The molecule has 0 aliphatic heterocycles. The van der Waals surface area contributed by atoms with Gasteiger partial charge in [-0.2, -0.15) is 0 Å². The average molecular weight is 263 g/mol. The van der Waals surface area contributed by atoms with Gasteiger partial charge in [0, 0.05) is 12.2 Å². The topological polar surface area (TPSA) is 60.2 Å². The molecular formula is C15H25N3O. The molecule has 1 unspecified atom stereocenters. The molecule has 1 heterocycles. The third kappa shape index (κ3) is 4.18. The molecule has 4 heteroatoms. The maximum atomic E-state index is 5.69.